The Bertz CT molecular complexity index is 1010. The first-order valence-corrected chi connectivity index (χ1v) is 11.7. The van der Waals surface area contributed by atoms with Gasteiger partial charge in [-0.05, 0) is 31.2 Å². The molecule has 0 aliphatic carbocycles. The van der Waals surface area contributed by atoms with E-state index < -0.39 is 15.9 Å². The predicted molar refractivity (Wildman–Crippen MR) is 118 cm³/mol. The van der Waals surface area contributed by atoms with Crippen molar-refractivity contribution in [2.75, 3.05) is 26.5 Å². The minimum absolute atomic E-state index is 0.0213. The minimum atomic E-state index is -3.84. The van der Waals surface area contributed by atoms with Gasteiger partial charge >= 0.3 is 0 Å². The quantitative estimate of drug-likeness (QED) is 0.358. The second-order valence-electron chi connectivity index (χ2n) is 6.36. The molecule has 31 heavy (non-hydrogen) atoms. The smallest absolute Gasteiger partial charge is 0.248 e. The van der Waals surface area contributed by atoms with E-state index in [0.29, 0.717) is 5.75 Å². The van der Waals surface area contributed by atoms with Gasteiger partial charge in [0.25, 0.3) is 0 Å². The van der Waals surface area contributed by atoms with Crippen LogP contribution in [0.15, 0.2) is 52.3 Å². The SMILES string of the molecule is COc1ccc(S(=O)(=O)NCCC(=O)NNC(=O)CSc2ccc(C)cc2)cc1OC. The van der Waals surface area contributed by atoms with Gasteiger partial charge in [-0.15, -0.1) is 11.8 Å². The molecule has 0 atom stereocenters. The van der Waals surface area contributed by atoms with Crippen LogP contribution >= 0.6 is 11.8 Å². The highest BCUT2D eigenvalue weighted by molar-refractivity contribution is 8.00. The Kier molecular flexibility index (Phi) is 9.16. The molecule has 2 aromatic rings. The van der Waals surface area contributed by atoms with Gasteiger partial charge in [0.1, 0.15) is 0 Å². The monoisotopic (exact) mass is 467 g/mol. The summed E-state index contributed by atoms with van der Waals surface area (Å²) in [7, 11) is -0.994. The molecule has 0 saturated heterocycles. The number of methoxy groups -OCH3 is 2. The van der Waals surface area contributed by atoms with Gasteiger partial charge in [0.15, 0.2) is 11.5 Å². The standard InChI is InChI=1S/C20H25N3O6S2/c1-14-4-6-15(7-5-14)30-13-20(25)23-22-19(24)10-11-21-31(26,27)16-8-9-17(28-2)18(12-16)29-3/h4-9,12,21H,10-11,13H2,1-3H3,(H,22,24)(H,23,25). The number of rotatable bonds is 10. The number of ether oxygens (including phenoxy) is 2. The van der Waals surface area contributed by atoms with Crippen molar-refractivity contribution in [1.29, 1.82) is 0 Å². The molecular weight excluding hydrogens is 442 g/mol. The van der Waals surface area contributed by atoms with Gasteiger partial charge in [0, 0.05) is 23.9 Å². The first-order chi connectivity index (χ1) is 14.7. The largest absolute Gasteiger partial charge is 0.493 e. The van der Waals surface area contributed by atoms with E-state index in [1.165, 1.54) is 44.2 Å². The molecule has 0 saturated carbocycles. The fraction of sp³-hybridized carbons (Fsp3) is 0.300. The maximum absolute atomic E-state index is 12.4. The summed E-state index contributed by atoms with van der Waals surface area (Å²) in [6.45, 7) is 1.83. The second-order valence-corrected chi connectivity index (χ2v) is 9.18. The lowest BCUT2D eigenvalue weighted by Gasteiger charge is -2.11. The lowest BCUT2D eigenvalue weighted by Crippen LogP contribution is -2.43. The summed E-state index contributed by atoms with van der Waals surface area (Å²) >= 11 is 1.34. The third kappa shape index (κ3) is 7.78. The van der Waals surface area contributed by atoms with Gasteiger partial charge in [-0.2, -0.15) is 0 Å². The summed E-state index contributed by atoms with van der Waals surface area (Å²) in [4.78, 5) is 24.6. The fourth-order valence-electron chi connectivity index (χ4n) is 2.39. The van der Waals surface area contributed by atoms with Crippen molar-refractivity contribution in [2.45, 2.75) is 23.1 Å². The number of benzene rings is 2. The highest BCUT2D eigenvalue weighted by Gasteiger charge is 2.17. The number of carbonyl (C=O) groups is 2. The van der Waals surface area contributed by atoms with Crippen molar-refractivity contribution in [2.24, 2.45) is 0 Å². The zero-order valence-electron chi connectivity index (χ0n) is 17.4. The van der Waals surface area contributed by atoms with E-state index in [9.17, 15) is 18.0 Å². The number of nitrogens with one attached hydrogen (secondary N) is 3. The molecule has 0 spiro atoms. The van der Waals surface area contributed by atoms with E-state index in [-0.39, 0.29) is 35.3 Å². The van der Waals surface area contributed by atoms with Gasteiger partial charge in [0.2, 0.25) is 21.8 Å². The second kappa shape index (κ2) is 11.6. The lowest BCUT2D eigenvalue weighted by molar-refractivity contribution is -0.127. The van der Waals surface area contributed by atoms with Crippen molar-refractivity contribution in [3.8, 4) is 11.5 Å². The third-order valence-electron chi connectivity index (χ3n) is 4.04. The molecule has 2 aromatic carbocycles. The average Bonchev–Trinajstić information content (AvgIpc) is 2.76. The number of hydrogen-bond donors (Lipinski definition) is 3. The highest BCUT2D eigenvalue weighted by Crippen LogP contribution is 2.29. The van der Waals surface area contributed by atoms with Crippen molar-refractivity contribution in [1.82, 2.24) is 15.6 Å². The van der Waals surface area contributed by atoms with E-state index in [2.05, 4.69) is 15.6 Å². The Labute approximate surface area is 185 Å². The van der Waals surface area contributed by atoms with E-state index in [0.717, 1.165) is 10.5 Å². The van der Waals surface area contributed by atoms with Gasteiger partial charge in [-0.25, -0.2) is 13.1 Å². The van der Waals surface area contributed by atoms with Crippen molar-refractivity contribution in [3.63, 3.8) is 0 Å². The van der Waals surface area contributed by atoms with E-state index >= 15 is 0 Å². The maximum atomic E-state index is 12.4. The van der Waals surface area contributed by atoms with Crippen molar-refractivity contribution in [3.05, 3.63) is 48.0 Å². The molecule has 0 heterocycles. The summed E-state index contributed by atoms with van der Waals surface area (Å²) in [5.74, 6) is -0.0880. The molecule has 0 aliphatic rings. The molecule has 0 unspecified atom stereocenters. The molecule has 0 bridgehead atoms. The Morgan fingerprint density at radius 3 is 2.23 bits per heavy atom. The predicted octanol–water partition coefficient (Wildman–Crippen LogP) is 1.62. The van der Waals surface area contributed by atoms with Crippen LogP contribution in [0.25, 0.3) is 0 Å². The molecule has 2 rings (SSSR count). The van der Waals surface area contributed by atoms with Crippen molar-refractivity contribution >= 4 is 33.6 Å². The van der Waals surface area contributed by atoms with Crippen LogP contribution in [0.5, 0.6) is 11.5 Å². The topological polar surface area (TPSA) is 123 Å². The number of carbonyl (C=O) groups excluding carboxylic acids is 2. The molecule has 9 nitrogen and oxygen atoms in total. The van der Waals surface area contributed by atoms with Gasteiger partial charge in [0.05, 0.1) is 24.9 Å². The molecule has 3 N–H and O–H groups in total. The van der Waals surface area contributed by atoms with Crippen LogP contribution in [0, 0.1) is 6.92 Å². The Hall–Kier alpha value is -2.76. The molecule has 0 aliphatic heterocycles. The summed E-state index contributed by atoms with van der Waals surface area (Å²) in [5.41, 5.74) is 5.70. The normalized spacial score (nSPS) is 10.9. The Balaban J connectivity index is 1.74. The number of thioether (sulfide) groups is 1. The van der Waals surface area contributed by atoms with Gasteiger partial charge in [-0.3, -0.25) is 20.4 Å². The minimum Gasteiger partial charge on any atom is -0.493 e. The molecule has 0 radical (unpaired) electrons. The van der Waals surface area contributed by atoms with Crippen LogP contribution in [0.4, 0.5) is 0 Å². The van der Waals surface area contributed by atoms with Crippen LogP contribution in [-0.4, -0.2) is 46.7 Å². The number of sulfonamides is 1. The summed E-state index contributed by atoms with van der Waals surface area (Å²) in [5, 5.41) is 0. The van der Waals surface area contributed by atoms with Crippen LogP contribution < -0.4 is 25.0 Å². The van der Waals surface area contributed by atoms with Crippen LogP contribution in [0.3, 0.4) is 0 Å². The van der Waals surface area contributed by atoms with Gasteiger partial charge < -0.3 is 9.47 Å². The number of hydrazine groups is 1. The summed E-state index contributed by atoms with van der Waals surface area (Å²) in [6.07, 6.45) is -0.155. The van der Waals surface area contributed by atoms with E-state index in [1.54, 1.807) is 0 Å². The highest BCUT2D eigenvalue weighted by atomic mass is 32.2. The zero-order valence-corrected chi connectivity index (χ0v) is 19.1. The van der Waals surface area contributed by atoms with Crippen LogP contribution in [0.2, 0.25) is 0 Å². The van der Waals surface area contributed by atoms with E-state index in [4.69, 9.17) is 9.47 Å². The van der Waals surface area contributed by atoms with Gasteiger partial charge in [-0.1, -0.05) is 17.7 Å². The molecule has 168 valence electrons. The Morgan fingerprint density at radius 2 is 1.58 bits per heavy atom. The number of aryl methyl sites for hydroxylation is 1. The third-order valence-corrected chi connectivity index (χ3v) is 6.51. The summed E-state index contributed by atoms with van der Waals surface area (Å²) in [6, 6.07) is 11.9. The van der Waals surface area contributed by atoms with Crippen LogP contribution in [0.1, 0.15) is 12.0 Å². The molecule has 2 amide bonds. The van der Waals surface area contributed by atoms with Crippen LogP contribution in [-0.2, 0) is 19.6 Å². The molecular formula is C20H25N3O6S2. The molecule has 0 fully saturated rings. The zero-order chi connectivity index (χ0) is 22.9. The number of hydrogen-bond acceptors (Lipinski definition) is 7. The molecule has 0 aromatic heterocycles. The van der Waals surface area contributed by atoms with E-state index in [1.807, 2.05) is 31.2 Å². The van der Waals surface area contributed by atoms with Crippen molar-refractivity contribution < 1.29 is 27.5 Å². The summed E-state index contributed by atoms with van der Waals surface area (Å²) < 4.78 is 37.3. The first-order valence-electron chi connectivity index (χ1n) is 9.24. The Morgan fingerprint density at radius 1 is 0.935 bits per heavy atom. The number of amides is 2. The fourth-order valence-corrected chi connectivity index (χ4v) is 4.13. The molecule has 11 heteroatoms. The average molecular weight is 468 g/mol. The lowest BCUT2D eigenvalue weighted by atomic mass is 10.2. The maximum Gasteiger partial charge on any atom is 0.248 e. The first kappa shape index (κ1) is 24.5.